The number of hydrogen-bond donors (Lipinski definition) is 0. The molecular formula is C13H16ClFN2O. The van der Waals surface area contributed by atoms with Crippen LogP contribution < -0.4 is 0 Å². The highest BCUT2D eigenvalue weighted by Gasteiger charge is 2.17. The molecule has 98 valence electrons. The molecule has 1 aromatic rings. The van der Waals surface area contributed by atoms with Gasteiger partial charge in [0.25, 0.3) is 0 Å². The quantitative estimate of drug-likeness (QED) is 0.784. The first-order chi connectivity index (χ1) is 8.56. The van der Waals surface area contributed by atoms with Crippen LogP contribution in [0, 0.1) is 5.82 Å². The average Bonchev–Trinajstić information content (AvgIpc) is 2.35. The van der Waals surface area contributed by atoms with E-state index in [1.54, 1.807) is 0 Å². The minimum atomic E-state index is -0.493. The minimum absolute atomic E-state index is 0.000715. The molecule has 0 bridgehead atoms. The summed E-state index contributed by atoms with van der Waals surface area (Å²) in [5, 5.41) is -0.000715. The van der Waals surface area contributed by atoms with Crippen LogP contribution in [0.2, 0.25) is 5.02 Å². The summed E-state index contributed by atoms with van der Waals surface area (Å²) in [6.07, 6.45) is 0. The van der Waals surface area contributed by atoms with Crippen molar-refractivity contribution >= 4 is 17.4 Å². The van der Waals surface area contributed by atoms with E-state index < -0.39 is 5.82 Å². The smallest absolute Gasteiger partial charge is 0.176 e. The second-order valence-corrected chi connectivity index (χ2v) is 5.04. The third-order valence-electron chi connectivity index (χ3n) is 3.20. The van der Waals surface area contributed by atoms with Gasteiger partial charge in [0.2, 0.25) is 0 Å². The van der Waals surface area contributed by atoms with Crippen LogP contribution in [0.4, 0.5) is 4.39 Å². The van der Waals surface area contributed by atoms with Gasteiger partial charge >= 0.3 is 0 Å². The van der Waals surface area contributed by atoms with E-state index in [2.05, 4.69) is 16.8 Å². The summed E-state index contributed by atoms with van der Waals surface area (Å²) in [7, 11) is 2.07. The van der Waals surface area contributed by atoms with Gasteiger partial charge in [0.05, 0.1) is 11.6 Å². The predicted octanol–water partition coefficient (Wildman–Crippen LogP) is 1.91. The van der Waals surface area contributed by atoms with Gasteiger partial charge in [-0.05, 0) is 25.2 Å². The molecule has 0 saturated carbocycles. The van der Waals surface area contributed by atoms with Crippen LogP contribution in [-0.4, -0.2) is 55.4 Å². The molecule has 0 radical (unpaired) electrons. The highest BCUT2D eigenvalue weighted by molar-refractivity contribution is 6.31. The fraction of sp³-hybridized carbons (Fsp3) is 0.462. The second kappa shape index (κ2) is 5.78. The summed E-state index contributed by atoms with van der Waals surface area (Å²) in [4.78, 5) is 16.4. The molecule has 5 heteroatoms. The van der Waals surface area contributed by atoms with Gasteiger partial charge in [-0.3, -0.25) is 9.69 Å². The summed E-state index contributed by atoms with van der Waals surface area (Å²) in [5.41, 5.74) is 0.473. The van der Waals surface area contributed by atoms with E-state index in [9.17, 15) is 9.18 Å². The molecule has 1 fully saturated rings. The molecule has 0 spiro atoms. The molecule has 1 aliphatic heterocycles. The number of carbonyl (C=O) groups is 1. The molecule has 2 rings (SSSR count). The maximum Gasteiger partial charge on any atom is 0.176 e. The van der Waals surface area contributed by atoms with E-state index in [4.69, 9.17) is 11.6 Å². The third-order valence-corrected chi connectivity index (χ3v) is 3.49. The Morgan fingerprint density at radius 1 is 1.33 bits per heavy atom. The molecule has 1 heterocycles. The molecule has 1 saturated heterocycles. The van der Waals surface area contributed by atoms with Crippen LogP contribution in [0.25, 0.3) is 0 Å². The van der Waals surface area contributed by atoms with Crippen molar-refractivity contribution in [1.29, 1.82) is 0 Å². The molecule has 0 unspecified atom stereocenters. The molecule has 0 atom stereocenters. The summed E-state index contributed by atoms with van der Waals surface area (Å²) in [6, 6.07) is 4.12. The average molecular weight is 271 g/mol. The SMILES string of the molecule is CN1CCN(CC(=O)c2ccc(F)c(Cl)c2)CC1. The van der Waals surface area contributed by atoms with E-state index in [0.29, 0.717) is 12.1 Å². The van der Waals surface area contributed by atoms with Crippen molar-refractivity contribution in [1.82, 2.24) is 9.80 Å². The second-order valence-electron chi connectivity index (χ2n) is 4.63. The van der Waals surface area contributed by atoms with Crippen molar-refractivity contribution < 1.29 is 9.18 Å². The van der Waals surface area contributed by atoms with Crippen molar-refractivity contribution in [3.05, 3.63) is 34.6 Å². The molecule has 0 N–H and O–H groups in total. The zero-order chi connectivity index (χ0) is 13.1. The van der Waals surface area contributed by atoms with Crippen LogP contribution in [0.5, 0.6) is 0 Å². The number of carbonyl (C=O) groups excluding carboxylic acids is 1. The Hall–Kier alpha value is -0.970. The van der Waals surface area contributed by atoms with Gasteiger partial charge in [0.15, 0.2) is 5.78 Å². The number of halogens is 2. The number of benzene rings is 1. The van der Waals surface area contributed by atoms with Crippen LogP contribution in [0.1, 0.15) is 10.4 Å². The predicted molar refractivity (Wildman–Crippen MR) is 69.7 cm³/mol. The Morgan fingerprint density at radius 3 is 2.61 bits per heavy atom. The van der Waals surface area contributed by atoms with Gasteiger partial charge in [-0.2, -0.15) is 0 Å². The fourth-order valence-corrected chi connectivity index (χ4v) is 2.15. The Bertz CT molecular complexity index is 445. The zero-order valence-electron chi connectivity index (χ0n) is 10.3. The number of Topliss-reactive ketones (excluding diaryl/α,β-unsaturated/α-hetero) is 1. The fourth-order valence-electron chi connectivity index (χ4n) is 1.97. The highest BCUT2D eigenvalue weighted by Crippen LogP contribution is 2.16. The minimum Gasteiger partial charge on any atom is -0.304 e. The molecule has 0 aromatic heterocycles. The first-order valence-electron chi connectivity index (χ1n) is 5.95. The van der Waals surface area contributed by atoms with Crippen LogP contribution in [0.15, 0.2) is 18.2 Å². The monoisotopic (exact) mass is 270 g/mol. The number of piperazine rings is 1. The number of nitrogens with zero attached hydrogens (tertiary/aromatic N) is 2. The lowest BCUT2D eigenvalue weighted by Gasteiger charge is -2.31. The Balaban J connectivity index is 1.97. The maximum atomic E-state index is 13.0. The normalized spacial score (nSPS) is 17.9. The number of likely N-dealkylation sites (N-methyl/N-ethyl adjacent to an activating group) is 1. The highest BCUT2D eigenvalue weighted by atomic mass is 35.5. The first kappa shape index (κ1) is 13.5. The van der Waals surface area contributed by atoms with Crippen molar-refractivity contribution in [2.45, 2.75) is 0 Å². The summed E-state index contributed by atoms with van der Waals surface area (Å²) in [5.74, 6) is -0.505. The van der Waals surface area contributed by atoms with Crippen LogP contribution in [-0.2, 0) is 0 Å². The van der Waals surface area contributed by atoms with Crippen LogP contribution >= 0.6 is 11.6 Å². The molecule has 1 aromatic carbocycles. The summed E-state index contributed by atoms with van der Waals surface area (Å²) >= 11 is 5.67. The van der Waals surface area contributed by atoms with Gasteiger partial charge in [0, 0.05) is 31.7 Å². The Kier molecular flexibility index (Phi) is 4.32. The maximum absolute atomic E-state index is 13.0. The summed E-state index contributed by atoms with van der Waals surface area (Å²) in [6.45, 7) is 4.08. The standard InChI is InChI=1S/C13H16ClFN2O/c1-16-4-6-17(7-5-16)9-13(18)10-2-3-12(15)11(14)8-10/h2-3,8H,4-7,9H2,1H3. The van der Waals surface area contributed by atoms with Gasteiger partial charge in [0.1, 0.15) is 5.82 Å². The zero-order valence-corrected chi connectivity index (χ0v) is 11.1. The molecule has 18 heavy (non-hydrogen) atoms. The van der Waals surface area contributed by atoms with Crippen LogP contribution in [0.3, 0.4) is 0 Å². The molecule has 0 aliphatic carbocycles. The van der Waals surface area contributed by atoms with E-state index in [-0.39, 0.29) is 10.8 Å². The molecular weight excluding hydrogens is 255 g/mol. The van der Waals surface area contributed by atoms with E-state index in [1.807, 2.05) is 0 Å². The third kappa shape index (κ3) is 3.28. The lowest BCUT2D eigenvalue weighted by molar-refractivity contribution is 0.0876. The van der Waals surface area contributed by atoms with Gasteiger partial charge in [-0.15, -0.1) is 0 Å². The Morgan fingerprint density at radius 2 is 2.00 bits per heavy atom. The van der Waals surface area contributed by atoms with Gasteiger partial charge < -0.3 is 4.90 Å². The lowest BCUT2D eigenvalue weighted by Crippen LogP contribution is -2.46. The van der Waals surface area contributed by atoms with Crippen molar-refractivity contribution in [3.63, 3.8) is 0 Å². The first-order valence-corrected chi connectivity index (χ1v) is 6.33. The topological polar surface area (TPSA) is 23.6 Å². The largest absolute Gasteiger partial charge is 0.304 e. The molecule has 0 amide bonds. The van der Waals surface area contributed by atoms with E-state index in [0.717, 1.165) is 26.2 Å². The number of hydrogen-bond acceptors (Lipinski definition) is 3. The Labute approximate surface area is 111 Å². The van der Waals surface area contributed by atoms with Gasteiger partial charge in [-0.25, -0.2) is 4.39 Å². The summed E-state index contributed by atoms with van der Waals surface area (Å²) < 4.78 is 13.0. The van der Waals surface area contributed by atoms with Crippen molar-refractivity contribution in [2.24, 2.45) is 0 Å². The van der Waals surface area contributed by atoms with Gasteiger partial charge in [-0.1, -0.05) is 11.6 Å². The van der Waals surface area contributed by atoms with E-state index in [1.165, 1.54) is 18.2 Å². The number of ketones is 1. The molecule has 3 nitrogen and oxygen atoms in total. The van der Waals surface area contributed by atoms with Crippen molar-refractivity contribution in [3.8, 4) is 0 Å². The number of rotatable bonds is 3. The lowest BCUT2D eigenvalue weighted by atomic mass is 10.1. The van der Waals surface area contributed by atoms with Crippen molar-refractivity contribution in [2.75, 3.05) is 39.8 Å². The molecule has 1 aliphatic rings. The van der Waals surface area contributed by atoms with E-state index >= 15 is 0 Å².